The Hall–Kier alpha value is -2.38. The average Bonchev–Trinajstić information content (AvgIpc) is 2.86. The Bertz CT molecular complexity index is 830. The molecule has 2 rings (SSSR count). The molecule has 0 aliphatic rings. The summed E-state index contributed by atoms with van der Waals surface area (Å²) in [4.78, 5) is 36.7. The van der Waals surface area contributed by atoms with Gasteiger partial charge in [0, 0.05) is 4.88 Å². The van der Waals surface area contributed by atoms with Crippen LogP contribution in [0.3, 0.4) is 0 Å². The molecule has 8 heteroatoms. The van der Waals surface area contributed by atoms with Gasteiger partial charge in [-0.3, -0.25) is 4.79 Å². The minimum absolute atomic E-state index is 0.176. The maximum absolute atomic E-state index is 12.1. The zero-order valence-corrected chi connectivity index (χ0v) is 15.4. The first kappa shape index (κ1) is 19.0. The predicted molar refractivity (Wildman–Crippen MR) is 95.5 cm³/mol. The molecular weight excluding hydrogens is 366 g/mol. The number of thiophene rings is 1. The number of esters is 2. The number of hydrogen-bond acceptors (Lipinski definition) is 6. The highest BCUT2D eigenvalue weighted by atomic mass is 35.5. The van der Waals surface area contributed by atoms with Gasteiger partial charge in [0.15, 0.2) is 6.61 Å². The molecule has 0 bridgehead atoms. The van der Waals surface area contributed by atoms with E-state index in [1.165, 1.54) is 24.5 Å². The van der Waals surface area contributed by atoms with E-state index in [0.29, 0.717) is 10.6 Å². The fourth-order valence-corrected chi connectivity index (χ4v) is 3.34. The molecule has 0 radical (unpaired) electrons. The Morgan fingerprint density at radius 3 is 2.48 bits per heavy atom. The summed E-state index contributed by atoms with van der Waals surface area (Å²) >= 11 is 7.16. The lowest BCUT2D eigenvalue weighted by molar-refractivity contribution is -0.119. The van der Waals surface area contributed by atoms with Gasteiger partial charge in [-0.05, 0) is 31.5 Å². The van der Waals surface area contributed by atoms with Gasteiger partial charge in [-0.25, -0.2) is 9.59 Å². The van der Waals surface area contributed by atoms with Crippen LogP contribution < -0.4 is 5.32 Å². The molecule has 2 aromatic rings. The lowest BCUT2D eigenvalue weighted by atomic mass is 10.1. The Kier molecular flexibility index (Phi) is 6.17. The molecule has 132 valence electrons. The van der Waals surface area contributed by atoms with Crippen molar-refractivity contribution >= 4 is 45.8 Å². The van der Waals surface area contributed by atoms with Crippen LogP contribution in [0.5, 0.6) is 0 Å². The van der Waals surface area contributed by atoms with Crippen molar-refractivity contribution in [2.45, 2.75) is 13.8 Å². The van der Waals surface area contributed by atoms with E-state index in [-0.39, 0.29) is 10.6 Å². The predicted octanol–water partition coefficient (Wildman–Crippen LogP) is 3.60. The summed E-state index contributed by atoms with van der Waals surface area (Å²) in [5.41, 5.74) is 1.21. The third kappa shape index (κ3) is 4.37. The summed E-state index contributed by atoms with van der Waals surface area (Å²) in [7, 11) is 1.27. The lowest BCUT2D eigenvalue weighted by Gasteiger charge is -2.08. The summed E-state index contributed by atoms with van der Waals surface area (Å²) in [6, 6.07) is 6.38. The van der Waals surface area contributed by atoms with Crippen molar-refractivity contribution in [1.82, 2.24) is 0 Å². The molecule has 0 atom stereocenters. The zero-order chi connectivity index (χ0) is 18.6. The molecule has 1 aromatic heterocycles. The number of nitrogens with one attached hydrogen (secondary N) is 1. The van der Waals surface area contributed by atoms with E-state index in [9.17, 15) is 14.4 Å². The highest BCUT2D eigenvalue weighted by Crippen LogP contribution is 2.32. The van der Waals surface area contributed by atoms with Gasteiger partial charge in [0.2, 0.25) is 0 Å². The fourth-order valence-electron chi connectivity index (χ4n) is 2.06. The largest absolute Gasteiger partial charge is 0.465 e. The normalized spacial score (nSPS) is 10.2. The molecular formula is C17H16ClNO5S. The number of halogens is 1. The van der Waals surface area contributed by atoms with Crippen molar-refractivity contribution in [3.8, 4) is 0 Å². The van der Waals surface area contributed by atoms with Gasteiger partial charge in [0.1, 0.15) is 5.00 Å². The highest BCUT2D eigenvalue weighted by molar-refractivity contribution is 7.16. The van der Waals surface area contributed by atoms with Crippen molar-refractivity contribution in [2.75, 3.05) is 19.0 Å². The second-order valence-electron chi connectivity index (χ2n) is 5.08. The fraction of sp³-hybridized carbons (Fsp3) is 0.235. The van der Waals surface area contributed by atoms with E-state index in [2.05, 4.69) is 5.32 Å². The van der Waals surface area contributed by atoms with Crippen LogP contribution in [0.15, 0.2) is 24.3 Å². The molecule has 25 heavy (non-hydrogen) atoms. The number of amides is 1. The summed E-state index contributed by atoms with van der Waals surface area (Å²) in [6.45, 7) is 3.10. The maximum atomic E-state index is 12.1. The Labute approximate surface area is 153 Å². The first-order valence-electron chi connectivity index (χ1n) is 7.25. The number of anilines is 1. The number of carbonyl (C=O) groups is 3. The molecule has 0 unspecified atom stereocenters. The van der Waals surface area contributed by atoms with Gasteiger partial charge in [0.25, 0.3) is 5.91 Å². The molecule has 0 saturated carbocycles. The Morgan fingerprint density at radius 2 is 1.84 bits per heavy atom. The average molecular weight is 382 g/mol. The monoisotopic (exact) mass is 381 g/mol. The standard InChI is InChI=1S/C17H16ClNO5S/c1-9-10(2)25-15(14(9)17(22)23-3)19-13(20)8-24-16(21)11-6-4-5-7-12(11)18/h4-7H,8H2,1-3H3,(H,19,20). The van der Waals surface area contributed by atoms with Crippen molar-refractivity contribution in [1.29, 1.82) is 0 Å². The first-order chi connectivity index (χ1) is 11.8. The van der Waals surface area contributed by atoms with Crippen LogP contribution in [0.1, 0.15) is 31.2 Å². The van der Waals surface area contributed by atoms with Crippen molar-refractivity contribution in [2.24, 2.45) is 0 Å². The van der Waals surface area contributed by atoms with Crippen LogP contribution in [-0.2, 0) is 14.3 Å². The van der Waals surface area contributed by atoms with Gasteiger partial charge >= 0.3 is 11.9 Å². The minimum Gasteiger partial charge on any atom is -0.465 e. The van der Waals surface area contributed by atoms with Gasteiger partial charge in [-0.2, -0.15) is 0 Å². The molecule has 1 heterocycles. The molecule has 0 spiro atoms. The third-order valence-corrected chi connectivity index (χ3v) is 4.91. The second kappa shape index (κ2) is 8.13. The molecule has 0 aliphatic heterocycles. The number of rotatable bonds is 5. The zero-order valence-electron chi connectivity index (χ0n) is 13.8. The van der Waals surface area contributed by atoms with Crippen LogP contribution in [0.4, 0.5) is 5.00 Å². The lowest BCUT2D eigenvalue weighted by Crippen LogP contribution is -2.21. The van der Waals surface area contributed by atoms with Gasteiger partial charge in [-0.1, -0.05) is 23.7 Å². The van der Waals surface area contributed by atoms with E-state index in [1.807, 2.05) is 6.92 Å². The van der Waals surface area contributed by atoms with E-state index in [0.717, 1.165) is 10.4 Å². The van der Waals surface area contributed by atoms with E-state index < -0.39 is 24.5 Å². The molecule has 6 nitrogen and oxygen atoms in total. The molecule has 1 N–H and O–H groups in total. The number of aryl methyl sites for hydroxylation is 1. The number of carbonyl (C=O) groups excluding carboxylic acids is 3. The smallest absolute Gasteiger partial charge is 0.341 e. The number of ether oxygens (including phenoxy) is 2. The van der Waals surface area contributed by atoms with Crippen molar-refractivity contribution in [3.63, 3.8) is 0 Å². The highest BCUT2D eigenvalue weighted by Gasteiger charge is 2.22. The Morgan fingerprint density at radius 1 is 1.16 bits per heavy atom. The number of hydrogen-bond donors (Lipinski definition) is 1. The number of methoxy groups -OCH3 is 1. The third-order valence-electron chi connectivity index (χ3n) is 3.46. The van der Waals surface area contributed by atoms with Gasteiger partial charge < -0.3 is 14.8 Å². The topological polar surface area (TPSA) is 81.7 Å². The van der Waals surface area contributed by atoms with Gasteiger partial charge in [-0.15, -0.1) is 11.3 Å². The van der Waals surface area contributed by atoms with E-state index in [4.69, 9.17) is 21.1 Å². The second-order valence-corrected chi connectivity index (χ2v) is 6.72. The quantitative estimate of drug-likeness (QED) is 0.800. The summed E-state index contributed by atoms with van der Waals surface area (Å²) in [5.74, 6) is -1.80. The summed E-state index contributed by atoms with van der Waals surface area (Å²) < 4.78 is 9.70. The molecule has 1 amide bonds. The number of benzene rings is 1. The van der Waals surface area contributed by atoms with Crippen LogP contribution >= 0.6 is 22.9 Å². The first-order valence-corrected chi connectivity index (χ1v) is 8.44. The van der Waals surface area contributed by atoms with Crippen LogP contribution in [0.2, 0.25) is 5.02 Å². The van der Waals surface area contributed by atoms with Crippen LogP contribution in [0, 0.1) is 13.8 Å². The van der Waals surface area contributed by atoms with Crippen LogP contribution in [-0.4, -0.2) is 31.6 Å². The summed E-state index contributed by atoms with van der Waals surface area (Å²) in [5, 5.41) is 3.18. The SMILES string of the molecule is COC(=O)c1c(NC(=O)COC(=O)c2ccccc2Cl)sc(C)c1C. The summed E-state index contributed by atoms with van der Waals surface area (Å²) in [6.07, 6.45) is 0. The van der Waals surface area contributed by atoms with Crippen LogP contribution in [0.25, 0.3) is 0 Å². The molecule has 0 aliphatic carbocycles. The minimum atomic E-state index is -0.701. The van der Waals surface area contributed by atoms with Crippen molar-refractivity contribution in [3.05, 3.63) is 50.9 Å². The molecule has 1 aromatic carbocycles. The molecule has 0 saturated heterocycles. The van der Waals surface area contributed by atoms with Gasteiger partial charge in [0.05, 0.1) is 23.3 Å². The van der Waals surface area contributed by atoms with E-state index in [1.54, 1.807) is 25.1 Å². The van der Waals surface area contributed by atoms with Crippen molar-refractivity contribution < 1.29 is 23.9 Å². The maximum Gasteiger partial charge on any atom is 0.341 e. The van der Waals surface area contributed by atoms with E-state index >= 15 is 0 Å². The Balaban J connectivity index is 2.04. The molecule has 0 fully saturated rings.